The molecule has 3 atom stereocenters. The molecule has 0 bridgehead atoms. The number of imidazole rings is 1. The first-order chi connectivity index (χ1) is 17.6. The van der Waals surface area contributed by atoms with Crippen LogP contribution < -0.4 is 14.8 Å². The van der Waals surface area contributed by atoms with E-state index >= 15 is 0 Å². The number of benzene rings is 2. The maximum atomic E-state index is 13.4. The van der Waals surface area contributed by atoms with Gasteiger partial charge in [-0.05, 0) is 50.6 Å². The highest BCUT2D eigenvalue weighted by molar-refractivity contribution is 7.89. The molecule has 1 aromatic heterocycles. The van der Waals surface area contributed by atoms with E-state index in [1.54, 1.807) is 13.3 Å². The molecule has 1 fully saturated rings. The minimum atomic E-state index is -4.16. The molecule has 11 nitrogen and oxygen atoms in total. The molecule has 3 aromatic rings. The van der Waals surface area contributed by atoms with Crippen molar-refractivity contribution in [1.29, 1.82) is 0 Å². The topological polar surface area (TPSA) is 138 Å². The van der Waals surface area contributed by atoms with Gasteiger partial charge in [0.2, 0.25) is 22.2 Å². The second-order valence-corrected chi connectivity index (χ2v) is 10.6. The number of carbonyl (C=O) groups is 2. The zero-order chi connectivity index (χ0) is 26.7. The third-order valence-corrected chi connectivity index (χ3v) is 7.24. The molecule has 0 radical (unpaired) electrons. The van der Waals surface area contributed by atoms with Crippen LogP contribution in [0.2, 0.25) is 0 Å². The molecule has 2 unspecified atom stereocenters. The third-order valence-electron chi connectivity index (χ3n) is 5.71. The number of aromatic nitrogens is 2. The third kappa shape index (κ3) is 6.27. The first-order valence-electron chi connectivity index (χ1n) is 11.9. The van der Waals surface area contributed by atoms with Gasteiger partial charge in [0.15, 0.2) is 0 Å². The molecule has 1 aliphatic rings. The molecular weight excluding hydrogens is 500 g/mol. The number of fused-ring (bicyclic) bond motifs is 1. The molecule has 1 amide bonds. The fourth-order valence-electron chi connectivity index (χ4n) is 4.16. The Morgan fingerprint density at radius 3 is 2.78 bits per heavy atom. The molecule has 4 rings (SSSR count). The van der Waals surface area contributed by atoms with Crippen molar-refractivity contribution >= 4 is 38.6 Å². The maximum Gasteiger partial charge on any atom is 0.310 e. The van der Waals surface area contributed by atoms with Crippen LogP contribution in [0, 0.1) is 6.92 Å². The van der Waals surface area contributed by atoms with Crippen LogP contribution >= 0.6 is 0 Å². The average Bonchev–Trinajstić information content (AvgIpc) is 3.35. The number of sulfonamides is 1. The first kappa shape index (κ1) is 26.6. The Bertz CT molecular complexity index is 1420. The molecular formula is C25H30N4O7S. The van der Waals surface area contributed by atoms with Crippen molar-refractivity contribution in [1.82, 2.24) is 14.3 Å². The Morgan fingerprint density at radius 1 is 1.27 bits per heavy atom. The molecule has 2 heterocycles. The smallest absolute Gasteiger partial charge is 0.310 e. The molecule has 12 heteroatoms. The standard InChI is InChI=1S/C25H30N4O7S/c1-5-34-25-20(12-24(31)36-25)28-37(32,33)23-9-7-18(27-17(4)30)11-22(23)35-16(3)13-29-14-26-19-8-6-15(2)10-21(19)29/h6-11,14,16,20,25,28H,5,12-13H2,1-4H3,(H,27,30)/t16-,20?,25?/m1/s1. The van der Waals surface area contributed by atoms with E-state index in [0.29, 0.717) is 12.2 Å². The number of nitrogens with zero attached hydrogens (tertiary/aromatic N) is 2. The lowest BCUT2D eigenvalue weighted by Crippen LogP contribution is -2.41. The van der Waals surface area contributed by atoms with Crippen molar-refractivity contribution in [2.45, 2.75) is 64.0 Å². The Labute approximate surface area is 215 Å². The van der Waals surface area contributed by atoms with Crippen molar-refractivity contribution in [2.75, 3.05) is 11.9 Å². The Morgan fingerprint density at radius 2 is 2.05 bits per heavy atom. The maximum absolute atomic E-state index is 13.4. The Kier molecular flexibility index (Phi) is 7.81. The summed E-state index contributed by atoms with van der Waals surface area (Å²) < 4.78 is 47.8. The van der Waals surface area contributed by atoms with Gasteiger partial charge in [-0.3, -0.25) is 9.59 Å². The van der Waals surface area contributed by atoms with Gasteiger partial charge in [-0.2, -0.15) is 0 Å². The molecule has 0 aliphatic carbocycles. The van der Waals surface area contributed by atoms with Crippen LogP contribution in [0.4, 0.5) is 5.69 Å². The van der Waals surface area contributed by atoms with Crippen LogP contribution in [0.25, 0.3) is 11.0 Å². The van der Waals surface area contributed by atoms with Crippen LogP contribution in [0.3, 0.4) is 0 Å². The van der Waals surface area contributed by atoms with Crippen molar-refractivity contribution in [3.05, 3.63) is 48.3 Å². The van der Waals surface area contributed by atoms with Gasteiger partial charge in [0, 0.05) is 25.3 Å². The van der Waals surface area contributed by atoms with Crippen LogP contribution in [0.15, 0.2) is 47.6 Å². The van der Waals surface area contributed by atoms with E-state index in [-0.39, 0.29) is 29.6 Å². The Hall–Kier alpha value is -3.48. The van der Waals surface area contributed by atoms with Gasteiger partial charge in [-0.1, -0.05) is 6.07 Å². The fraction of sp³-hybridized carbons (Fsp3) is 0.400. The SMILES string of the molecule is CCOC1OC(=O)CC1NS(=O)(=O)c1ccc(NC(C)=O)cc1O[C@H](C)Cn1cnc2ccc(C)cc21. The van der Waals surface area contributed by atoms with E-state index in [0.717, 1.165) is 16.6 Å². The van der Waals surface area contributed by atoms with Crippen LogP contribution in [-0.2, 0) is 35.6 Å². The lowest BCUT2D eigenvalue weighted by Gasteiger charge is -2.22. The highest BCUT2D eigenvalue weighted by Gasteiger charge is 2.39. The summed E-state index contributed by atoms with van der Waals surface area (Å²) in [7, 11) is -4.16. The predicted octanol–water partition coefficient (Wildman–Crippen LogP) is 2.73. The zero-order valence-corrected chi connectivity index (χ0v) is 21.9. The number of esters is 1. The number of amides is 1. The summed E-state index contributed by atoms with van der Waals surface area (Å²) in [5, 5.41) is 2.64. The summed E-state index contributed by atoms with van der Waals surface area (Å²) >= 11 is 0. The van der Waals surface area contributed by atoms with E-state index in [9.17, 15) is 18.0 Å². The lowest BCUT2D eigenvalue weighted by atomic mass is 10.2. The van der Waals surface area contributed by atoms with Crippen molar-refractivity contribution < 1.29 is 32.2 Å². The van der Waals surface area contributed by atoms with Gasteiger partial charge >= 0.3 is 5.97 Å². The van der Waals surface area contributed by atoms with Crippen molar-refractivity contribution in [3.8, 4) is 5.75 Å². The van der Waals surface area contributed by atoms with Gasteiger partial charge in [-0.15, -0.1) is 0 Å². The second kappa shape index (κ2) is 10.9. The van der Waals surface area contributed by atoms with E-state index in [1.165, 1.54) is 25.1 Å². The van der Waals surface area contributed by atoms with Gasteiger partial charge in [0.1, 0.15) is 16.7 Å². The quantitative estimate of drug-likeness (QED) is 0.382. The van der Waals surface area contributed by atoms with Gasteiger partial charge in [-0.25, -0.2) is 18.1 Å². The minimum Gasteiger partial charge on any atom is -0.487 e. The average molecular weight is 531 g/mol. The summed E-state index contributed by atoms with van der Waals surface area (Å²) in [5.74, 6) is -0.820. The molecule has 198 valence electrons. The van der Waals surface area contributed by atoms with Gasteiger partial charge in [0.25, 0.3) is 0 Å². The molecule has 1 aliphatic heterocycles. The zero-order valence-electron chi connectivity index (χ0n) is 21.1. The highest BCUT2D eigenvalue weighted by Crippen LogP contribution is 2.30. The van der Waals surface area contributed by atoms with Crippen LogP contribution in [0.5, 0.6) is 5.75 Å². The van der Waals surface area contributed by atoms with E-state index < -0.39 is 34.4 Å². The highest BCUT2D eigenvalue weighted by atomic mass is 32.2. The number of nitrogens with one attached hydrogen (secondary N) is 2. The molecule has 37 heavy (non-hydrogen) atoms. The fourth-order valence-corrected chi connectivity index (χ4v) is 5.50. The summed E-state index contributed by atoms with van der Waals surface area (Å²) in [6, 6.07) is 9.32. The lowest BCUT2D eigenvalue weighted by molar-refractivity contribution is -0.163. The van der Waals surface area contributed by atoms with E-state index in [4.69, 9.17) is 14.2 Å². The normalized spacial score (nSPS) is 18.5. The minimum absolute atomic E-state index is 0.0463. The van der Waals surface area contributed by atoms with Crippen molar-refractivity contribution in [2.24, 2.45) is 0 Å². The monoisotopic (exact) mass is 530 g/mol. The number of anilines is 1. The number of carbonyl (C=O) groups excluding carboxylic acids is 2. The van der Waals surface area contributed by atoms with E-state index in [1.807, 2.05) is 36.6 Å². The number of hydrogen-bond acceptors (Lipinski definition) is 8. The summed E-state index contributed by atoms with van der Waals surface area (Å²) in [5.41, 5.74) is 3.24. The number of cyclic esters (lactones) is 1. The van der Waals surface area contributed by atoms with Gasteiger partial charge in [0.05, 0.1) is 36.4 Å². The van der Waals surface area contributed by atoms with Crippen LogP contribution in [0.1, 0.15) is 32.8 Å². The molecule has 1 saturated heterocycles. The first-order valence-corrected chi connectivity index (χ1v) is 13.4. The second-order valence-electron chi connectivity index (χ2n) is 8.91. The largest absolute Gasteiger partial charge is 0.487 e. The van der Waals surface area contributed by atoms with E-state index in [2.05, 4.69) is 15.0 Å². The van der Waals surface area contributed by atoms with Gasteiger partial charge < -0.3 is 24.1 Å². The molecule has 0 saturated carbocycles. The van der Waals surface area contributed by atoms with Crippen LogP contribution in [-0.4, -0.2) is 54.9 Å². The molecule has 0 spiro atoms. The van der Waals surface area contributed by atoms with Crippen molar-refractivity contribution in [3.63, 3.8) is 0 Å². The number of ether oxygens (including phenoxy) is 3. The molecule has 2 N–H and O–H groups in total. The summed E-state index contributed by atoms with van der Waals surface area (Å²) in [4.78, 5) is 27.6. The summed E-state index contributed by atoms with van der Waals surface area (Å²) in [6.07, 6.45) is 0.0642. The number of aryl methyl sites for hydroxylation is 1. The molecule has 2 aromatic carbocycles. The number of hydrogen-bond donors (Lipinski definition) is 2. The number of rotatable bonds is 10. The summed E-state index contributed by atoms with van der Waals surface area (Å²) in [6.45, 7) is 7.52. The Balaban J connectivity index is 1.61. The predicted molar refractivity (Wildman–Crippen MR) is 136 cm³/mol.